The van der Waals surface area contributed by atoms with Gasteiger partial charge in [0.25, 0.3) is 0 Å². The van der Waals surface area contributed by atoms with E-state index in [2.05, 4.69) is 27.3 Å². The second-order valence-corrected chi connectivity index (χ2v) is 4.76. The fourth-order valence-corrected chi connectivity index (χ4v) is 2.34. The van der Waals surface area contributed by atoms with Crippen molar-refractivity contribution in [3.05, 3.63) is 30.1 Å². The molecule has 1 aromatic heterocycles. The summed E-state index contributed by atoms with van der Waals surface area (Å²) in [5, 5.41) is 3.51. The number of pyridine rings is 1. The maximum absolute atomic E-state index is 4.02. The number of rotatable bonds is 7. The molecule has 2 heterocycles. The maximum atomic E-state index is 4.02. The van der Waals surface area contributed by atoms with E-state index < -0.39 is 0 Å². The summed E-state index contributed by atoms with van der Waals surface area (Å²) in [6, 6.07) is 4.18. The lowest BCUT2D eigenvalue weighted by atomic mass is 10.2. The van der Waals surface area contributed by atoms with E-state index in [1.54, 1.807) is 0 Å². The van der Waals surface area contributed by atoms with Crippen molar-refractivity contribution in [1.29, 1.82) is 0 Å². The molecule has 3 nitrogen and oxygen atoms in total. The Morgan fingerprint density at radius 3 is 2.65 bits per heavy atom. The predicted octanol–water partition coefficient (Wildman–Crippen LogP) is 1.70. The average molecular weight is 233 g/mol. The summed E-state index contributed by atoms with van der Waals surface area (Å²) in [4.78, 5) is 6.60. The molecular weight excluding hydrogens is 210 g/mol. The van der Waals surface area contributed by atoms with E-state index in [9.17, 15) is 0 Å². The van der Waals surface area contributed by atoms with Crippen LogP contribution in [0.5, 0.6) is 0 Å². The summed E-state index contributed by atoms with van der Waals surface area (Å²) in [5.74, 6) is 0. The second kappa shape index (κ2) is 7.41. The molecule has 1 aliphatic heterocycles. The van der Waals surface area contributed by atoms with E-state index in [0.717, 1.165) is 19.5 Å². The summed E-state index contributed by atoms with van der Waals surface area (Å²) in [6.45, 7) is 6.11. The van der Waals surface area contributed by atoms with Crippen LogP contribution in [0, 0.1) is 0 Å². The van der Waals surface area contributed by atoms with Crippen LogP contribution in [0.1, 0.15) is 24.8 Å². The standard InChI is InChI=1S/C14H23N3/c1-2-12-17(11-1)13-3-7-15-8-4-14-5-9-16-10-6-14/h5-6,9-10,15H,1-4,7-8,11-13H2. The molecule has 94 valence electrons. The zero-order valence-electron chi connectivity index (χ0n) is 10.6. The van der Waals surface area contributed by atoms with Crippen LogP contribution >= 0.6 is 0 Å². The number of hydrogen-bond donors (Lipinski definition) is 1. The van der Waals surface area contributed by atoms with Crippen molar-refractivity contribution in [2.75, 3.05) is 32.7 Å². The summed E-state index contributed by atoms with van der Waals surface area (Å²) in [5.41, 5.74) is 1.37. The molecule has 3 heteroatoms. The van der Waals surface area contributed by atoms with Gasteiger partial charge in [-0.2, -0.15) is 0 Å². The van der Waals surface area contributed by atoms with E-state index in [1.807, 2.05) is 12.4 Å². The van der Waals surface area contributed by atoms with Crippen molar-refractivity contribution < 1.29 is 0 Å². The van der Waals surface area contributed by atoms with Gasteiger partial charge in [-0.25, -0.2) is 0 Å². The van der Waals surface area contributed by atoms with Crippen LogP contribution < -0.4 is 5.32 Å². The zero-order chi connectivity index (χ0) is 11.8. The number of nitrogens with zero attached hydrogens (tertiary/aromatic N) is 2. The molecule has 0 atom stereocenters. The van der Waals surface area contributed by atoms with Gasteiger partial charge in [-0.05, 0) is 76.1 Å². The minimum absolute atomic E-state index is 1.07. The highest BCUT2D eigenvalue weighted by Crippen LogP contribution is 2.06. The quantitative estimate of drug-likeness (QED) is 0.727. The van der Waals surface area contributed by atoms with Crippen LogP contribution in [0.3, 0.4) is 0 Å². The van der Waals surface area contributed by atoms with Crippen LogP contribution in [0.25, 0.3) is 0 Å². The van der Waals surface area contributed by atoms with Gasteiger partial charge < -0.3 is 10.2 Å². The van der Waals surface area contributed by atoms with Gasteiger partial charge >= 0.3 is 0 Å². The lowest BCUT2D eigenvalue weighted by Gasteiger charge is -2.14. The summed E-state index contributed by atoms with van der Waals surface area (Å²) < 4.78 is 0. The Kier molecular flexibility index (Phi) is 5.46. The summed E-state index contributed by atoms with van der Waals surface area (Å²) >= 11 is 0. The average Bonchev–Trinajstić information content (AvgIpc) is 2.88. The van der Waals surface area contributed by atoms with Crippen LogP contribution in [0.15, 0.2) is 24.5 Å². The van der Waals surface area contributed by atoms with Crippen molar-refractivity contribution in [2.24, 2.45) is 0 Å². The third kappa shape index (κ3) is 4.84. The van der Waals surface area contributed by atoms with Gasteiger partial charge in [-0.3, -0.25) is 4.98 Å². The molecule has 0 radical (unpaired) electrons. The molecule has 0 aromatic carbocycles. The van der Waals surface area contributed by atoms with Crippen molar-refractivity contribution >= 4 is 0 Å². The lowest BCUT2D eigenvalue weighted by molar-refractivity contribution is 0.331. The minimum atomic E-state index is 1.07. The van der Waals surface area contributed by atoms with Gasteiger partial charge in [0, 0.05) is 12.4 Å². The summed E-state index contributed by atoms with van der Waals surface area (Å²) in [7, 11) is 0. The minimum Gasteiger partial charge on any atom is -0.316 e. The van der Waals surface area contributed by atoms with Gasteiger partial charge in [0.05, 0.1) is 0 Å². The Labute approximate surface area is 104 Å². The van der Waals surface area contributed by atoms with E-state index in [1.165, 1.54) is 44.5 Å². The topological polar surface area (TPSA) is 28.2 Å². The number of likely N-dealkylation sites (tertiary alicyclic amines) is 1. The Morgan fingerprint density at radius 1 is 1.12 bits per heavy atom. The molecule has 17 heavy (non-hydrogen) atoms. The first-order chi connectivity index (χ1) is 8.45. The first-order valence-electron chi connectivity index (χ1n) is 6.77. The SMILES string of the molecule is c1cc(CCNCCCN2CCCC2)ccn1. The first-order valence-corrected chi connectivity index (χ1v) is 6.77. The van der Waals surface area contributed by atoms with E-state index in [-0.39, 0.29) is 0 Å². The molecule has 0 saturated carbocycles. The third-order valence-electron chi connectivity index (χ3n) is 3.37. The van der Waals surface area contributed by atoms with E-state index in [4.69, 9.17) is 0 Å². The lowest BCUT2D eigenvalue weighted by Crippen LogP contribution is -2.25. The third-order valence-corrected chi connectivity index (χ3v) is 3.37. The Bertz CT molecular complexity index is 294. The number of aromatic nitrogens is 1. The molecule has 1 fully saturated rings. The molecule has 0 spiro atoms. The van der Waals surface area contributed by atoms with E-state index >= 15 is 0 Å². The van der Waals surface area contributed by atoms with Gasteiger partial charge in [0.1, 0.15) is 0 Å². The summed E-state index contributed by atoms with van der Waals surface area (Å²) in [6.07, 6.45) is 8.90. The van der Waals surface area contributed by atoms with Crippen molar-refractivity contribution in [3.8, 4) is 0 Å². The second-order valence-electron chi connectivity index (χ2n) is 4.76. The molecule has 0 aliphatic carbocycles. The van der Waals surface area contributed by atoms with Crippen LogP contribution in [0.2, 0.25) is 0 Å². The molecule has 1 N–H and O–H groups in total. The normalized spacial score (nSPS) is 16.5. The number of nitrogens with one attached hydrogen (secondary N) is 1. The number of hydrogen-bond acceptors (Lipinski definition) is 3. The zero-order valence-corrected chi connectivity index (χ0v) is 10.6. The molecular formula is C14H23N3. The van der Waals surface area contributed by atoms with Crippen LogP contribution in [0.4, 0.5) is 0 Å². The van der Waals surface area contributed by atoms with Crippen LogP contribution in [-0.4, -0.2) is 42.6 Å². The molecule has 1 aliphatic rings. The Morgan fingerprint density at radius 2 is 1.88 bits per heavy atom. The Hall–Kier alpha value is -0.930. The fraction of sp³-hybridized carbons (Fsp3) is 0.643. The molecule has 2 rings (SSSR count). The van der Waals surface area contributed by atoms with Gasteiger partial charge in [0.2, 0.25) is 0 Å². The molecule has 0 amide bonds. The highest BCUT2D eigenvalue weighted by Gasteiger charge is 2.09. The van der Waals surface area contributed by atoms with Gasteiger partial charge in [0.15, 0.2) is 0 Å². The first kappa shape index (κ1) is 12.5. The maximum Gasteiger partial charge on any atom is 0.0270 e. The molecule has 1 aromatic rings. The van der Waals surface area contributed by atoms with Crippen molar-refractivity contribution in [1.82, 2.24) is 15.2 Å². The van der Waals surface area contributed by atoms with E-state index in [0.29, 0.717) is 0 Å². The highest BCUT2D eigenvalue weighted by atomic mass is 15.1. The molecule has 0 unspecified atom stereocenters. The monoisotopic (exact) mass is 233 g/mol. The molecule has 0 bridgehead atoms. The van der Waals surface area contributed by atoms with Gasteiger partial charge in [-0.15, -0.1) is 0 Å². The van der Waals surface area contributed by atoms with Gasteiger partial charge in [-0.1, -0.05) is 0 Å². The van der Waals surface area contributed by atoms with Crippen molar-refractivity contribution in [3.63, 3.8) is 0 Å². The smallest absolute Gasteiger partial charge is 0.0270 e. The predicted molar refractivity (Wildman–Crippen MR) is 71.1 cm³/mol. The van der Waals surface area contributed by atoms with Crippen LogP contribution in [-0.2, 0) is 6.42 Å². The van der Waals surface area contributed by atoms with Crippen molar-refractivity contribution in [2.45, 2.75) is 25.7 Å². The Balaban J connectivity index is 1.46. The fourth-order valence-electron chi connectivity index (χ4n) is 2.34. The highest BCUT2D eigenvalue weighted by molar-refractivity contribution is 5.09. The largest absolute Gasteiger partial charge is 0.316 e. The molecule has 1 saturated heterocycles.